The minimum Gasteiger partial charge on any atom is -0.477 e. The number of rotatable bonds is 3. The zero-order chi connectivity index (χ0) is 17.1. The molecule has 0 radical (unpaired) electrons. The number of anilines is 1. The van der Waals surface area contributed by atoms with Crippen LogP contribution in [-0.2, 0) is 4.79 Å². The number of hydrogen-bond donors (Lipinski definition) is 1. The highest BCUT2D eigenvalue weighted by molar-refractivity contribution is 5.85. The lowest BCUT2D eigenvalue weighted by atomic mass is 9.93. The Morgan fingerprint density at radius 3 is 2.58 bits per heavy atom. The second kappa shape index (κ2) is 7.20. The zero-order valence-electron chi connectivity index (χ0n) is 14.1. The number of pyridine rings is 1. The number of aromatic carboxylic acids is 1. The molecule has 130 valence electrons. The number of hydrogen-bond acceptors (Lipinski definition) is 4. The summed E-state index contributed by atoms with van der Waals surface area (Å²) in [6.45, 7) is 5.49. The monoisotopic (exact) mass is 331 g/mol. The van der Waals surface area contributed by atoms with Crippen molar-refractivity contribution in [2.75, 3.05) is 31.1 Å². The van der Waals surface area contributed by atoms with Crippen LogP contribution in [0.1, 0.15) is 43.1 Å². The first-order chi connectivity index (χ1) is 11.5. The zero-order valence-corrected chi connectivity index (χ0v) is 14.1. The quantitative estimate of drug-likeness (QED) is 0.919. The summed E-state index contributed by atoms with van der Waals surface area (Å²) < 4.78 is 0. The average molecular weight is 331 g/mol. The molecule has 2 fully saturated rings. The molecule has 0 aliphatic carbocycles. The first kappa shape index (κ1) is 16.7. The third kappa shape index (κ3) is 3.68. The topological polar surface area (TPSA) is 73.7 Å². The van der Waals surface area contributed by atoms with Crippen LogP contribution in [0.2, 0.25) is 0 Å². The summed E-state index contributed by atoms with van der Waals surface area (Å²) in [7, 11) is 0. The highest BCUT2D eigenvalue weighted by Crippen LogP contribution is 2.25. The maximum absolute atomic E-state index is 12.7. The molecular weight excluding hydrogens is 306 g/mol. The lowest BCUT2D eigenvalue weighted by Crippen LogP contribution is -2.46. The van der Waals surface area contributed by atoms with Crippen LogP contribution in [0.5, 0.6) is 0 Å². The van der Waals surface area contributed by atoms with Crippen LogP contribution >= 0.6 is 0 Å². The van der Waals surface area contributed by atoms with Gasteiger partial charge in [0.2, 0.25) is 5.91 Å². The van der Waals surface area contributed by atoms with E-state index in [0.717, 1.165) is 45.4 Å². The molecule has 0 aromatic carbocycles. The Bertz CT molecular complexity index is 611. The predicted octanol–water partition coefficient (Wildman–Crippen LogP) is 2.25. The summed E-state index contributed by atoms with van der Waals surface area (Å²) in [6, 6.07) is 5.05. The second-order valence-electron chi connectivity index (χ2n) is 6.98. The van der Waals surface area contributed by atoms with Gasteiger partial charge >= 0.3 is 5.97 Å². The van der Waals surface area contributed by atoms with Gasteiger partial charge in [-0.3, -0.25) is 4.79 Å². The van der Waals surface area contributed by atoms with Gasteiger partial charge in [0.05, 0.1) is 0 Å². The number of amides is 1. The van der Waals surface area contributed by atoms with Gasteiger partial charge in [-0.05, 0) is 43.7 Å². The number of aromatic nitrogens is 1. The van der Waals surface area contributed by atoms with Crippen molar-refractivity contribution in [3.05, 3.63) is 23.9 Å². The molecule has 1 N–H and O–H groups in total. The smallest absolute Gasteiger partial charge is 0.354 e. The number of likely N-dealkylation sites (tertiary alicyclic amines) is 1. The Kier molecular flexibility index (Phi) is 5.02. The summed E-state index contributed by atoms with van der Waals surface area (Å²) in [5.41, 5.74) is 0.0630. The molecule has 0 bridgehead atoms. The van der Waals surface area contributed by atoms with Crippen molar-refractivity contribution >= 4 is 17.7 Å². The summed E-state index contributed by atoms with van der Waals surface area (Å²) in [6.07, 6.45) is 3.94. The normalized spacial score (nSPS) is 22.5. The van der Waals surface area contributed by atoms with E-state index in [1.807, 2.05) is 11.0 Å². The van der Waals surface area contributed by atoms with Crippen molar-refractivity contribution in [1.82, 2.24) is 9.88 Å². The molecule has 1 aromatic heterocycles. The predicted molar refractivity (Wildman–Crippen MR) is 91.1 cm³/mol. The fraction of sp³-hybridized carbons (Fsp3) is 0.611. The van der Waals surface area contributed by atoms with Crippen molar-refractivity contribution in [2.24, 2.45) is 11.8 Å². The molecule has 1 amide bonds. The molecular formula is C18H25N3O3. The molecule has 0 spiro atoms. The molecule has 2 aliphatic rings. The van der Waals surface area contributed by atoms with Crippen molar-refractivity contribution in [3.63, 3.8) is 0 Å². The van der Waals surface area contributed by atoms with Gasteiger partial charge in [0.15, 0.2) is 5.69 Å². The van der Waals surface area contributed by atoms with Crippen LogP contribution in [0.15, 0.2) is 18.2 Å². The average Bonchev–Trinajstić information content (AvgIpc) is 2.61. The number of piperidine rings is 2. The first-order valence-corrected chi connectivity index (χ1v) is 8.78. The number of carboxylic acids is 1. The molecule has 2 aliphatic heterocycles. The number of carbonyl (C=O) groups excluding carboxylic acids is 1. The molecule has 1 aromatic rings. The summed E-state index contributed by atoms with van der Waals surface area (Å²) in [4.78, 5) is 32.1. The second-order valence-corrected chi connectivity index (χ2v) is 6.98. The molecule has 1 unspecified atom stereocenters. The largest absolute Gasteiger partial charge is 0.477 e. The standard InChI is InChI=1S/C18H25N3O3/c1-13-4-3-9-21(12-13)17(22)14-7-10-20(11-8-14)16-6-2-5-15(19-16)18(23)24/h2,5-6,13-14H,3-4,7-12H2,1H3,(H,23,24). The van der Waals surface area contributed by atoms with Gasteiger partial charge in [0.1, 0.15) is 5.82 Å². The number of carboxylic acid groups (broad SMARTS) is 1. The number of carbonyl (C=O) groups is 2. The van der Waals surface area contributed by atoms with Gasteiger partial charge in [-0.2, -0.15) is 0 Å². The summed E-state index contributed by atoms with van der Waals surface area (Å²) in [5.74, 6) is 0.668. The van der Waals surface area contributed by atoms with Crippen LogP contribution in [0.4, 0.5) is 5.82 Å². The minimum absolute atomic E-state index is 0.0630. The Morgan fingerprint density at radius 2 is 1.92 bits per heavy atom. The minimum atomic E-state index is -1.01. The van der Waals surface area contributed by atoms with E-state index in [-0.39, 0.29) is 11.6 Å². The molecule has 2 saturated heterocycles. The van der Waals surface area contributed by atoms with E-state index in [1.54, 1.807) is 6.07 Å². The van der Waals surface area contributed by atoms with Crippen LogP contribution in [0, 0.1) is 11.8 Å². The molecule has 24 heavy (non-hydrogen) atoms. The van der Waals surface area contributed by atoms with E-state index in [4.69, 9.17) is 5.11 Å². The SMILES string of the molecule is CC1CCCN(C(=O)C2CCN(c3cccc(C(=O)O)n3)CC2)C1. The van der Waals surface area contributed by atoms with E-state index >= 15 is 0 Å². The van der Waals surface area contributed by atoms with E-state index in [1.165, 1.54) is 12.5 Å². The van der Waals surface area contributed by atoms with Gasteiger partial charge in [-0.1, -0.05) is 13.0 Å². The van der Waals surface area contributed by atoms with Crippen molar-refractivity contribution < 1.29 is 14.7 Å². The Hall–Kier alpha value is -2.11. The maximum Gasteiger partial charge on any atom is 0.354 e. The molecule has 3 rings (SSSR count). The third-order valence-corrected chi connectivity index (χ3v) is 5.09. The van der Waals surface area contributed by atoms with Gasteiger partial charge in [-0.25, -0.2) is 9.78 Å². The van der Waals surface area contributed by atoms with Gasteiger partial charge in [-0.15, -0.1) is 0 Å². The van der Waals surface area contributed by atoms with Gasteiger partial charge in [0, 0.05) is 32.1 Å². The Morgan fingerprint density at radius 1 is 1.17 bits per heavy atom. The third-order valence-electron chi connectivity index (χ3n) is 5.09. The highest BCUT2D eigenvalue weighted by Gasteiger charge is 2.30. The van der Waals surface area contributed by atoms with E-state index in [2.05, 4.69) is 16.8 Å². The fourth-order valence-corrected chi connectivity index (χ4v) is 3.72. The van der Waals surface area contributed by atoms with E-state index < -0.39 is 5.97 Å². The Balaban J connectivity index is 1.58. The van der Waals surface area contributed by atoms with Crippen LogP contribution in [0.25, 0.3) is 0 Å². The number of nitrogens with zero attached hydrogens (tertiary/aromatic N) is 3. The highest BCUT2D eigenvalue weighted by atomic mass is 16.4. The Labute approximate surface area is 142 Å². The molecule has 1 atom stereocenters. The van der Waals surface area contributed by atoms with Gasteiger partial charge in [0.25, 0.3) is 0 Å². The molecule has 6 nitrogen and oxygen atoms in total. The van der Waals surface area contributed by atoms with E-state index in [9.17, 15) is 9.59 Å². The maximum atomic E-state index is 12.7. The molecule has 6 heteroatoms. The summed E-state index contributed by atoms with van der Waals surface area (Å²) in [5, 5.41) is 9.06. The lowest BCUT2D eigenvalue weighted by molar-refractivity contribution is -0.137. The van der Waals surface area contributed by atoms with E-state index in [0.29, 0.717) is 17.6 Å². The van der Waals surface area contributed by atoms with Gasteiger partial charge < -0.3 is 14.9 Å². The van der Waals surface area contributed by atoms with Crippen LogP contribution in [-0.4, -0.2) is 53.0 Å². The lowest BCUT2D eigenvalue weighted by Gasteiger charge is -2.37. The summed E-state index contributed by atoms with van der Waals surface area (Å²) >= 11 is 0. The van der Waals surface area contributed by atoms with Crippen LogP contribution in [0.3, 0.4) is 0 Å². The van der Waals surface area contributed by atoms with Crippen molar-refractivity contribution in [1.29, 1.82) is 0 Å². The van der Waals surface area contributed by atoms with Crippen LogP contribution < -0.4 is 4.90 Å². The van der Waals surface area contributed by atoms with Crippen molar-refractivity contribution in [2.45, 2.75) is 32.6 Å². The first-order valence-electron chi connectivity index (χ1n) is 8.78. The van der Waals surface area contributed by atoms with Crippen molar-refractivity contribution in [3.8, 4) is 0 Å². The fourth-order valence-electron chi connectivity index (χ4n) is 3.72. The molecule has 0 saturated carbocycles. The molecule has 3 heterocycles.